The molecule has 2 rings (SSSR count). The van der Waals surface area contributed by atoms with Gasteiger partial charge in [0.15, 0.2) is 5.69 Å². The van der Waals surface area contributed by atoms with E-state index in [2.05, 4.69) is 5.10 Å². The van der Waals surface area contributed by atoms with Gasteiger partial charge in [-0.3, -0.25) is 9.48 Å². The summed E-state index contributed by atoms with van der Waals surface area (Å²) in [5, 5.41) is 4.07. The fraction of sp³-hybridized carbons (Fsp3) is 0.286. The Bertz CT molecular complexity index is 596. The van der Waals surface area contributed by atoms with Gasteiger partial charge in [-0.05, 0) is 31.2 Å². The van der Waals surface area contributed by atoms with Crippen LogP contribution in [0.3, 0.4) is 0 Å². The molecule has 0 radical (unpaired) electrons. The predicted molar refractivity (Wildman–Crippen MR) is 75.0 cm³/mol. The molecular formula is C14H17FN4O. The van der Waals surface area contributed by atoms with Gasteiger partial charge in [0.1, 0.15) is 5.82 Å². The fourth-order valence-electron chi connectivity index (χ4n) is 1.92. The lowest BCUT2D eigenvalue weighted by atomic mass is 10.2. The second-order valence-corrected chi connectivity index (χ2v) is 4.43. The Morgan fingerprint density at radius 1 is 1.40 bits per heavy atom. The molecule has 1 amide bonds. The van der Waals surface area contributed by atoms with Gasteiger partial charge >= 0.3 is 0 Å². The van der Waals surface area contributed by atoms with E-state index in [1.807, 2.05) is 0 Å². The minimum Gasteiger partial charge on any atom is -0.330 e. The molecule has 0 aliphatic rings. The van der Waals surface area contributed by atoms with Gasteiger partial charge in [0.05, 0.1) is 5.69 Å². The van der Waals surface area contributed by atoms with Crippen molar-refractivity contribution in [1.82, 2.24) is 9.78 Å². The number of halogens is 1. The number of nitrogens with zero attached hydrogens (tertiary/aromatic N) is 3. The van der Waals surface area contributed by atoms with E-state index in [0.29, 0.717) is 19.5 Å². The van der Waals surface area contributed by atoms with Gasteiger partial charge in [0.2, 0.25) is 0 Å². The molecule has 0 atom stereocenters. The molecule has 106 valence electrons. The molecule has 0 aliphatic carbocycles. The van der Waals surface area contributed by atoms with Crippen LogP contribution in [0.1, 0.15) is 16.9 Å². The van der Waals surface area contributed by atoms with Crippen LogP contribution in [0.15, 0.2) is 36.5 Å². The van der Waals surface area contributed by atoms with Crippen LogP contribution in [0.25, 0.3) is 0 Å². The first-order valence-electron chi connectivity index (χ1n) is 6.39. The molecule has 1 aromatic heterocycles. The molecule has 0 aliphatic heterocycles. The zero-order chi connectivity index (χ0) is 14.5. The minimum absolute atomic E-state index is 0.247. The summed E-state index contributed by atoms with van der Waals surface area (Å²) in [7, 11) is 1.73. The smallest absolute Gasteiger partial charge is 0.278 e. The van der Waals surface area contributed by atoms with Crippen molar-refractivity contribution in [2.75, 3.05) is 18.0 Å². The second-order valence-electron chi connectivity index (χ2n) is 4.43. The second kappa shape index (κ2) is 6.29. The number of aryl methyl sites for hydroxylation is 1. The van der Waals surface area contributed by atoms with Crippen LogP contribution in [-0.2, 0) is 7.05 Å². The first kappa shape index (κ1) is 14.2. The van der Waals surface area contributed by atoms with E-state index in [1.54, 1.807) is 37.5 Å². The minimum atomic E-state index is -0.436. The zero-order valence-corrected chi connectivity index (χ0v) is 11.3. The largest absolute Gasteiger partial charge is 0.330 e. The van der Waals surface area contributed by atoms with Crippen LogP contribution >= 0.6 is 0 Å². The third-order valence-electron chi connectivity index (χ3n) is 2.91. The average molecular weight is 276 g/mol. The number of amides is 1. The molecule has 1 heterocycles. The molecule has 0 unspecified atom stereocenters. The summed E-state index contributed by atoms with van der Waals surface area (Å²) in [4.78, 5) is 13.8. The molecular weight excluding hydrogens is 259 g/mol. The zero-order valence-electron chi connectivity index (χ0n) is 11.3. The number of aromatic nitrogens is 2. The molecule has 0 saturated carbocycles. The molecule has 6 heteroatoms. The molecule has 2 N–H and O–H groups in total. The van der Waals surface area contributed by atoms with Crippen molar-refractivity contribution in [3.05, 3.63) is 48.0 Å². The van der Waals surface area contributed by atoms with Gasteiger partial charge in [-0.15, -0.1) is 0 Å². The topological polar surface area (TPSA) is 64.2 Å². The SMILES string of the molecule is Cn1ccc(C(=O)N(CCCN)c2ccccc2F)n1. The number of carbonyl (C=O) groups excluding carboxylic acids is 1. The number of hydrogen-bond donors (Lipinski definition) is 1. The molecule has 5 nitrogen and oxygen atoms in total. The Balaban J connectivity index is 2.32. The number of para-hydroxylation sites is 1. The van der Waals surface area contributed by atoms with E-state index in [0.717, 1.165) is 0 Å². The monoisotopic (exact) mass is 276 g/mol. The highest BCUT2D eigenvalue weighted by Gasteiger charge is 2.21. The molecule has 0 bridgehead atoms. The summed E-state index contributed by atoms with van der Waals surface area (Å²) in [5.41, 5.74) is 6.02. The summed E-state index contributed by atoms with van der Waals surface area (Å²) in [6.07, 6.45) is 2.27. The van der Waals surface area contributed by atoms with Crippen molar-refractivity contribution in [2.24, 2.45) is 12.8 Å². The molecule has 2 aromatic rings. The number of anilines is 1. The summed E-state index contributed by atoms with van der Waals surface area (Å²) < 4.78 is 15.4. The van der Waals surface area contributed by atoms with Crippen molar-refractivity contribution in [3.63, 3.8) is 0 Å². The quantitative estimate of drug-likeness (QED) is 0.901. The average Bonchev–Trinajstić information content (AvgIpc) is 2.87. The van der Waals surface area contributed by atoms with Gasteiger partial charge in [-0.25, -0.2) is 4.39 Å². The van der Waals surface area contributed by atoms with Crippen molar-refractivity contribution in [3.8, 4) is 0 Å². The maximum absolute atomic E-state index is 13.9. The van der Waals surface area contributed by atoms with Gasteiger partial charge in [-0.1, -0.05) is 12.1 Å². The Hall–Kier alpha value is -2.21. The molecule has 1 aromatic carbocycles. The van der Waals surface area contributed by atoms with Crippen LogP contribution in [0.5, 0.6) is 0 Å². The van der Waals surface area contributed by atoms with E-state index >= 15 is 0 Å². The van der Waals surface area contributed by atoms with Crippen LogP contribution < -0.4 is 10.6 Å². The highest BCUT2D eigenvalue weighted by Crippen LogP contribution is 2.20. The highest BCUT2D eigenvalue weighted by atomic mass is 19.1. The van der Waals surface area contributed by atoms with Crippen molar-refractivity contribution < 1.29 is 9.18 Å². The van der Waals surface area contributed by atoms with Gasteiger partial charge < -0.3 is 10.6 Å². The first-order valence-corrected chi connectivity index (χ1v) is 6.39. The summed E-state index contributed by atoms with van der Waals surface area (Å²) in [5.74, 6) is -0.766. The molecule has 20 heavy (non-hydrogen) atoms. The lowest BCUT2D eigenvalue weighted by Gasteiger charge is -2.22. The Morgan fingerprint density at radius 2 is 2.15 bits per heavy atom. The lowest BCUT2D eigenvalue weighted by molar-refractivity contribution is 0.0980. The molecule has 0 fully saturated rings. The Kier molecular flexibility index (Phi) is 4.47. The van der Waals surface area contributed by atoms with Crippen molar-refractivity contribution >= 4 is 11.6 Å². The van der Waals surface area contributed by atoms with Crippen LogP contribution in [0.2, 0.25) is 0 Å². The van der Waals surface area contributed by atoms with Crippen LogP contribution in [0.4, 0.5) is 10.1 Å². The summed E-state index contributed by atoms with van der Waals surface area (Å²) >= 11 is 0. The van der Waals surface area contributed by atoms with Crippen LogP contribution in [0, 0.1) is 5.82 Å². The maximum Gasteiger partial charge on any atom is 0.278 e. The van der Waals surface area contributed by atoms with Crippen molar-refractivity contribution in [2.45, 2.75) is 6.42 Å². The molecule has 0 spiro atoms. The Morgan fingerprint density at radius 3 is 2.75 bits per heavy atom. The van der Waals surface area contributed by atoms with Gasteiger partial charge in [0.25, 0.3) is 5.91 Å². The maximum atomic E-state index is 13.9. The fourth-order valence-corrected chi connectivity index (χ4v) is 1.92. The van der Waals surface area contributed by atoms with Crippen LogP contribution in [-0.4, -0.2) is 28.8 Å². The normalized spacial score (nSPS) is 10.6. The van der Waals surface area contributed by atoms with Crippen molar-refractivity contribution in [1.29, 1.82) is 0 Å². The third-order valence-corrected chi connectivity index (χ3v) is 2.91. The predicted octanol–water partition coefficient (Wildman–Crippen LogP) is 1.55. The lowest BCUT2D eigenvalue weighted by Crippen LogP contribution is -2.34. The van der Waals surface area contributed by atoms with E-state index < -0.39 is 5.82 Å². The van der Waals surface area contributed by atoms with Gasteiger partial charge in [0, 0.05) is 19.8 Å². The number of hydrogen-bond acceptors (Lipinski definition) is 3. The summed E-state index contributed by atoms with van der Waals surface area (Å²) in [6.45, 7) is 0.785. The van der Waals surface area contributed by atoms with E-state index in [4.69, 9.17) is 5.73 Å². The number of carbonyl (C=O) groups is 1. The molecule has 0 saturated heterocycles. The third kappa shape index (κ3) is 3.03. The van der Waals surface area contributed by atoms with E-state index in [9.17, 15) is 9.18 Å². The van der Waals surface area contributed by atoms with E-state index in [1.165, 1.54) is 15.6 Å². The van der Waals surface area contributed by atoms with Gasteiger partial charge in [-0.2, -0.15) is 5.10 Å². The Labute approximate surface area is 116 Å². The summed E-state index contributed by atoms with van der Waals surface area (Å²) in [6, 6.07) is 7.80. The number of nitrogens with two attached hydrogens (primary N) is 1. The number of benzene rings is 1. The number of rotatable bonds is 5. The first-order chi connectivity index (χ1) is 9.63. The van der Waals surface area contributed by atoms with E-state index in [-0.39, 0.29) is 17.3 Å². The standard InChI is InChI=1S/C14H17FN4O/c1-18-10-7-12(17-18)14(20)19(9-4-8-16)13-6-3-2-5-11(13)15/h2-3,5-7,10H,4,8-9,16H2,1H3. The highest BCUT2D eigenvalue weighted by molar-refractivity contribution is 6.04.